The lowest BCUT2D eigenvalue weighted by molar-refractivity contribution is -0.137. The van der Waals surface area contributed by atoms with Crippen LogP contribution in [0.5, 0.6) is 0 Å². The first-order valence-electron chi connectivity index (χ1n) is 9.05. The Morgan fingerprint density at radius 2 is 1.72 bits per heavy atom. The van der Waals surface area contributed by atoms with Crippen LogP contribution in [0.4, 0.5) is 13.2 Å². The number of nitrogens with zero attached hydrogens (tertiary/aromatic N) is 2. The van der Waals surface area contributed by atoms with Gasteiger partial charge >= 0.3 is 6.18 Å². The third-order valence-corrected chi connectivity index (χ3v) is 4.70. The standard InChI is InChI=1S/C23H18F3N3/c1-16(27-14-17-7-5-8-18(13-17)23(24,25)26)20-11-6-12-22-21(20)15-28-29(22)19-9-3-2-4-10-19/h2-13,15,27H,1,14H2. The highest BCUT2D eigenvalue weighted by Crippen LogP contribution is 2.30. The molecule has 3 aromatic carbocycles. The topological polar surface area (TPSA) is 29.9 Å². The summed E-state index contributed by atoms with van der Waals surface area (Å²) in [7, 11) is 0. The summed E-state index contributed by atoms with van der Waals surface area (Å²) in [5.74, 6) is 0. The smallest absolute Gasteiger partial charge is 0.381 e. The molecule has 1 heterocycles. The number of hydrogen-bond donors (Lipinski definition) is 1. The molecule has 146 valence electrons. The molecule has 0 aliphatic rings. The lowest BCUT2D eigenvalue weighted by Gasteiger charge is -2.13. The van der Waals surface area contributed by atoms with E-state index in [0.717, 1.165) is 34.3 Å². The second kappa shape index (κ2) is 7.47. The van der Waals surface area contributed by atoms with Gasteiger partial charge in [-0.25, -0.2) is 4.68 Å². The van der Waals surface area contributed by atoms with Gasteiger partial charge in [0.15, 0.2) is 0 Å². The Morgan fingerprint density at radius 3 is 2.48 bits per heavy atom. The van der Waals surface area contributed by atoms with Crippen LogP contribution >= 0.6 is 0 Å². The molecule has 0 radical (unpaired) electrons. The van der Waals surface area contributed by atoms with Gasteiger partial charge in [0.2, 0.25) is 0 Å². The Kier molecular flexibility index (Phi) is 4.84. The fourth-order valence-corrected chi connectivity index (χ4v) is 3.25. The number of fused-ring (bicyclic) bond motifs is 1. The summed E-state index contributed by atoms with van der Waals surface area (Å²) in [5.41, 5.74) is 3.23. The first-order chi connectivity index (χ1) is 13.9. The molecule has 3 nitrogen and oxygen atoms in total. The van der Waals surface area contributed by atoms with Crippen molar-refractivity contribution in [1.29, 1.82) is 0 Å². The minimum absolute atomic E-state index is 0.242. The molecular formula is C23H18F3N3. The number of rotatable bonds is 5. The average Bonchev–Trinajstić information content (AvgIpc) is 3.16. The molecule has 0 saturated heterocycles. The van der Waals surface area contributed by atoms with Crippen molar-refractivity contribution >= 4 is 16.6 Å². The zero-order chi connectivity index (χ0) is 20.4. The Labute approximate surface area is 166 Å². The van der Waals surface area contributed by atoms with Gasteiger partial charge in [0.25, 0.3) is 0 Å². The molecular weight excluding hydrogens is 375 g/mol. The van der Waals surface area contributed by atoms with Gasteiger partial charge in [-0.2, -0.15) is 18.3 Å². The first-order valence-corrected chi connectivity index (χ1v) is 9.05. The highest BCUT2D eigenvalue weighted by Gasteiger charge is 2.30. The Morgan fingerprint density at radius 1 is 0.966 bits per heavy atom. The van der Waals surface area contributed by atoms with Gasteiger partial charge in [-0.1, -0.05) is 49.0 Å². The summed E-state index contributed by atoms with van der Waals surface area (Å²) in [6.07, 6.45) is -2.58. The van der Waals surface area contributed by atoms with Crippen molar-refractivity contribution in [2.75, 3.05) is 0 Å². The number of para-hydroxylation sites is 1. The molecule has 1 aromatic heterocycles. The molecule has 0 fully saturated rings. The van der Waals surface area contributed by atoms with Crippen LogP contribution in [0.2, 0.25) is 0 Å². The van der Waals surface area contributed by atoms with Crippen LogP contribution in [0.1, 0.15) is 16.7 Å². The second-order valence-electron chi connectivity index (χ2n) is 6.66. The van der Waals surface area contributed by atoms with E-state index in [0.29, 0.717) is 11.3 Å². The van der Waals surface area contributed by atoms with Crippen molar-refractivity contribution in [2.24, 2.45) is 0 Å². The van der Waals surface area contributed by atoms with E-state index in [2.05, 4.69) is 17.0 Å². The van der Waals surface area contributed by atoms with E-state index in [9.17, 15) is 13.2 Å². The van der Waals surface area contributed by atoms with Gasteiger partial charge in [0.05, 0.1) is 23.0 Å². The first kappa shape index (κ1) is 18.8. The van der Waals surface area contributed by atoms with E-state index in [4.69, 9.17) is 0 Å². The van der Waals surface area contributed by atoms with Gasteiger partial charge in [-0.15, -0.1) is 0 Å². The number of hydrogen-bond acceptors (Lipinski definition) is 2. The zero-order valence-electron chi connectivity index (χ0n) is 15.4. The van der Waals surface area contributed by atoms with Crippen molar-refractivity contribution in [1.82, 2.24) is 15.1 Å². The largest absolute Gasteiger partial charge is 0.416 e. The maximum atomic E-state index is 12.9. The molecule has 4 aromatic rings. The molecule has 0 aliphatic heterocycles. The Bertz CT molecular complexity index is 1160. The minimum Gasteiger partial charge on any atom is -0.381 e. The number of alkyl halides is 3. The van der Waals surface area contributed by atoms with Crippen molar-refractivity contribution in [2.45, 2.75) is 12.7 Å². The summed E-state index contributed by atoms with van der Waals surface area (Å²) >= 11 is 0. The van der Waals surface area contributed by atoms with E-state index in [1.54, 1.807) is 12.3 Å². The summed E-state index contributed by atoms with van der Waals surface area (Å²) in [4.78, 5) is 0. The fourth-order valence-electron chi connectivity index (χ4n) is 3.25. The molecule has 6 heteroatoms. The minimum atomic E-state index is -4.36. The van der Waals surface area contributed by atoms with Gasteiger partial charge in [-0.3, -0.25) is 0 Å². The molecule has 1 N–H and O–H groups in total. The fraction of sp³-hybridized carbons (Fsp3) is 0.0870. The van der Waals surface area contributed by atoms with Gasteiger partial charge in [-0.05, 0) is 35.9 Å². The summed E-state index contributed by atoms with van der Waals surface area (Å²) < 4.78 is 40.5. The van der Waals surface area contributed by atoms with Crippen LogP contribution in [-0.2, 0) is 12.7 Å². The summed E-state index contributed by atoms with van der Waals surface area (Å²) in [5, 5.41) is 8.54. The molecule has 0 aliphatic carbocycles. The molecule has 29 heavy (non-hydrogen) atoms. The molecule has 0 amide bonds. The predicted molar refractivity (Wildman–Crippen MR) is 108 cm³/mol. The molecule has 4 rings (SSSR count). The zero-order valence-corrected chi connectivity index (χ0v) is 15.4. The summed E-state index contributed by atoms with van der Waals surface area (Å²) in [6.45, 7) is 4.31. The van der Waals surface area contributed by atoms with E-state index >= 15 is 0 Å². The highest BCUT2D eigenvalue weighted by molar-refractivity contribution is 5.91. The van der Waals surface area contributed by atoms with E-state index < -0.39 is 11.7 Å². The lowest BCUT2D eigenvalue weighted by atomic mass is 10.1. The van der Waals surface area contributed by atoms with Crippen LogP contribution in [0.3, 0.4) is 0 Å². The maximum Gasteiger partial charge on any atom is 0.416 e. The van der Waals surface area contributed by atoms with Crippen LogP contribution in [-0.4, -0.2) is 9.78 Å². The summed E-state index contributed by atoms with van der Waals surface area (Å²) in [6, 6.07) is 20.9. The Hall–Kier alpha value is -3.54. The molecule has 0 spiro atoms. The lowest BCUT2D eigenvalue weighted by Crippen LogP contribution is -2.12. The quantitative estimate of drug-likeness (QED) is 0.464. The monoisotopic (exact) mass is 393 g/mol. The number of nitrogens with one attached hydrogen (secondary N) is 1. The molecule has 0 atom stereocenters. The molecule has 0 bridgehead atoms. The SMILES string of the molecule is C=C(NCc1cccc(C(F)(F)F)c1)c1cccc2c1cnn2-c1ccccc1. The predicted octanol–water partition coefficient (Wildman–Crippen LogP) is 5.80. The number of benzene rings is 3. The van der Waals surface area contributed by atoms with Crippen LogP contribution in [0, 0.1) is 0 Å². The van der Waals surface area contributed by atoms with Crippen molar-refractivity contribution in [3.8, 4) is 5.69 Å². The van der Waals surface area contributed by atoms with Crippen LogP contribution < -0.4 is 5.32 Å². The van der Waals surface area contributed by atoms with Crippen molar-refractivity contribution in [3.63, 3.8) is 0 Å². The second-order valence-corrected chi connectivity index (χ2v) is 6.66. The van der Waals surface area contributed by atoms with Crippen molar-refractivity contribution < 1.29 is 13.2 Å². The highest BCUT2D eigenvalue weighted by atomic mass is 19.4. The van der Waals surface area contributed by atoms with Crippen LogP contribution in [0.25, 0.3) is 22.3 Å². The van der Waals surface area contributed by atoms with Crippen LogP contribution in [0.15, 0.2) is 85.6 Å². The third kappa shape index (κ3) is 3.87. The van der Waals surface area contributed by atoms with Gasteiger partial charge in [0.1, 0.15) is 0 Å². The number of aromatic nitrogens is 2. The van der Waals surface area contributed by atoms with Gasteiger partial charge < -0.3 is 5.32 Å². The average molecular weight is 393 g/mol. The normalized spacial score (nSPS) is 11.6. The van der Waals surface area contributed by atoms with E-state index in [1.165, 1.54) is 6.07 Å². The Balaban J connectivity index is 1.58. The van der Waals surface area contributed by atoms with Gasteiger partial charge in [0, 0.05) is 23.2 Å². The third-order valence-electron chi connectivity index (χ3n) is 4.70. The molecule has 0 unspecified atom stereocenters. The van der Waals surface area contributed by atoms with E-state index in [-0.39, 0.29) is 6.54 Å². The maximum absolute atomic E-state index is 12.9. The van der Waals surface area contributed by atoms with Crippen molar-refractivity contribution in [3.05, 3.63) is 102 Å². The van der Waals surface area contributed by atoms with E-state index in [1.807, 2.05) is 53.2 Å². The number of halogens is 3. The molecule has 0 saturated carbocycles.